The van der Waals surface area contributed by atoms with E-state index >= 15 is 0 Å². The van der Waals surface area contributed by atoms with Gasteiger partial charge in [-0.15, -0.1) is 131 Å². The summed E-state index contributed by atoms with van der Waals surface area (Å²) < 4.78 is 0. The second-order valence-corrected chi connectivity index (χ2v) is 28.7. The van der Waals surface area contributed by atoms with Gasteiger partial charge in [-0.05, 0) is 173 Å². The standard InChI is InChI=1S/C110H66N6.2Ir/c1-15-37-105-77(21-1)55-59-107(115-105)81-51-43-75(44-52-81)93-25-5-11-31-99(93)87-65-85(97-29-9-3-23-91(97)73-39-47-79(48-40-73)103-35-17-19-63-111-103)67-89(69-87)101-33-13-7-27-95(101)83-57-61-109(113-71-83)110-62-58-84(72-114-110)96-28-8-14-34-102(96)90-68-86(98-30-10-4-24-92(98)74-41-49-80(50-42-74)104-36-18-20-64-112-104)66-88(70-90)100-32-12-6-26-94(100)76-45-53-82(54-46-76)108-60-56-78-22-2-16-38-106(78)116-108;;/h1-47,49,51,53,55-60,63-72H;;/q-6;2*+3. The molecule has 6 nitrogen and oxygen atoms in total. The van der Waals surface area contributed by atoms with E-state index in [1.54, 1.807) is 0 Å². The molecule has 0 saturated heterocycles. The van der Waals surface area contributed by atoms with Crippen LogP contribution in [0.4, 0.5) is 0 Å². The molecule has 554 valence electrons. The van der Waals surface area contributed by atoms with Gasteiger partial charge in [-0.3, -0.25) is 9.97 Å². The summed E-state index contributed by atoms with van der Waals surface area (Å²) in [7, 11) is 0. The van der Waals surface area contributed by atoms with Crippen LogP contribution in [0.15, 0.2) is 401 Å². The third-order valence-electron chi connectivity index (χ3n) is 21.7. The normalized spacial score (nSPS) is 11.1. The Hall–Kier alpha value is -14.2. The van der Waals surface area contributed by atoms with E-state index in [-0.39, 0.29) is 40.2 Å². The molecule has 0 aliphatic heterocycles. The first-order chi connectivity index (χ1) is 57.5. The van der Waals surface area contributed by atoms with Gasteiger partial charge < -0.3 is 19.9 Å². The van der Waals surface area contributed by atoms with Crippen molar-refractivity contribution in [3.05, 3.63) is 437 Å². The fourth-order valence-electron chi connectivity index (χ4n) is 15.9. The second-order valence-electron chi connectivity index (χ2n) is 28.7. The quantitative estimate of drug-likeness (QED) is 0.0846. The number of para-hydroxylation sites is 2. The number of hydrogen-bond donors (Lipinski definition) is 0. The Bertz CT molecular complexity index is 6590. The van der Waals surface area contributed by atoms with E-state index in [4.69, 9.17) is 19.9 Å². The summed E-state index contributed by atoms with van der Waals surface area (Å²) in [5, 5.41) is 2.21. The van der Waals surface area contributed by atoms with Gasteiger partial charge in [0.15, 0.2) is 0 Å². The van der Waals surface area contributed by atoms with E-state index < -0.39 is 0 Å². The van der Waals surface area contributed by atoms with Crippen molar-refractivity contribution in [3.8, 4) is 190 Å². The Morgan fingerprint density at radius 1 is 0.178 bits per heavy atom. The van der Waals surface area contributed by atoms with E-state index in [9.17, 15) is 0 Å². The van der Waals surface area contributed by atoms with Gasteiger partial charge >= 0.3 is 40.2 Å². The van der Waals surface area contributed by atoms with E-state index in [0.717, 1.165) is 200 Å². The number of hydrogen-bond acceptors (Lipinski definition) is 6. The van der Waals surface area contributed by atoms with Crippen molar-refractivity contribution in [3.63, 3.8) is 0 Å². The maximum Gasteiger partial charge on any atom is 3.00 e. The number of fused-ring (bicyclic) bond motifs is 2. The van der Waals surface area contributed by atoms with Gasteiger partial charge in [0, 0.05) is 12.4 Å². The molecule has 0 unspecified atom stereocenters. The minimum atomic E-state index is 0. The fourth-order valence-corrected chi connectivity index (χ4v) is 15.9. The summed E-state index contributed by atoms with van der Waals surface area (Å²) in [5.41, 5.74) is 35.6. The van der Waals surface area contributed by atoms with Gasteiger partial charge in [0.1, 0.15) is 0 Å². The summed E-state index contributed by atoms with van der Waals surface area (Å²) in [4.78, 5) is 29.5. The maximum atomic E-state index is 5.12. The molecule has 20 aromatic rings. The molecule has 6 aromatic heterocycles. The SMILES string of the molecule is [Ir+3].[Ir+3].[c-]1cc(-c2ccccc2-c2cc(-c3ccccc3-c3c[c-]c(-c4ccc5ccccc5n4)cc3)cc(-c3ccccc3-c3c[c-]c(-c4[c-]cc(-c5ccccc5-c5cc(-c6ccccc6-c6c[c-]c(-c7ccccn7)cc6)cc(-c6ccccc6-c6c[c-]c(-c7ccc8ccccc8n7)cc6)c5)cn4)nc3)c2)ccc1-c1ccccn1. The number of nitrogens with zero attached hydrogens (tertiary/aromatic N) is 6. The van der Waals surface area contributed by atoms with Crippen LogP contribution in [0.5, 0.6) is 0 Å². The minimum absolute atomic E-state index is 0. The van der Waals surface area contributed by atoms with Crippen molar-refractivity contribution < 1.29 is 40.2 Å². The Kier molecular flexibility index (Phi) is 21.5. The molecule has 0 aliphatic carbocycles. The molecule has 0 amide bonds. The van der Waals surface area contributed by atoms with Crippen LogP contribution >= 0.6 is 0 Å². The van der Waals surface area contributed by atoms with E-state index in [2.05, 4.69) is 350 Å². The molecule has 0 atom stereocenters. The first kappa shape index (κ1) is 75.2. The van der Waals surface area contributed by atoms with Crippen molar-refractivity contribution in [1.82, 2.24) is 29.9 Å². The van der Waals surface area contributed by atoms with Crippen LogP contribution in [-0.2, 0) is 40.2 Å². The van der Waals surface area contributed by atoms with Crippen LogP contribution < -0.4 is 0 Å². The van der Waals surface area contributed by atoms with Crippen LogP contribution in [0.3, 0.4) is 0 Å². The van der Waals surface area contributed by atoms with Crippen LogP contribution in [0.25, 0.3) is 212 Å². The average molecular weight is 1860 g/mol. The molecular formula is C110H66Ir2N6. The zero-order valence-electron chi connectivity index (χ0n) is 63.5. The number of benzene rings is 14. The Labute approximate surface area is 713 Å². The van der Waals surface area contributed by atoms with E-state index in [1.807, 2.05) is 97.6 Å². The predicted molar refractivity (Wildman–Crippen MR) is 474 cm³/mol. The maximum absolute atomic E-state index is 5.12. The number of aromatic nitrogens is 6. The molecule has 118 heavy (non-hydrogen) atoms. The van der Waals surface area contributed by atoms with Crippen LogP contribution in [0.2, 0.25) is 0 Å². The van der Waals surface area contributed by atoms with Gasteiger partial charge in [0.2, 0.25) is 0 Å². The molecule has 0 radical (unpaired) electrons. The number of rotatable bonds is 17. The average Bonchev–Trinajstić information content (AvgIpc) is 0.769. The summed E-state index contributed by atoms with van der Waals surface area (Å²) in [6.07, 6.45) is 7.51. The zero-order valence-corrected chi connectivity index (χ0v) is 68.2. The van der Waals surface area contributed by atoms with E-state index in [0.29, 0.717) is 11.4 Å². The number of pyridine rings is 6. The molecule has 20 rings (SSSR count). The first-order valence-corrected chi connectivity index (χ1v) is 38.7. The first-order valence-electron chi connectivity index (χ1n) is 38.7. The van der Waals surface area contributed by atoms with Gasteiger partial charge in [-0.2, -0.15) is 12.1 Å². The molecule has 0 bridgehead atoms. The summed E-state index contributed by atoms with van der Waals surface area (Å²) in [6, 6.07) is 154. The fraction of sp³-hybridized carbons (Fsp3) is 0. The largest absolute Gasteiger partial charge is 3.00 e. The van der Waals surface area contributed by atoms with Gasteiger partial charge in [-0.1, -0.05) is 297 Å². The molecule has 8 heteroatoms. The van der Waals surface area contributed by atoms with Gasteiger partial charge in [0.05, 0.1) is 11.0 Å². The molecule has 0 fully saturated rings. The molecular weight excluding hydrogens is 1790 g/mol. The monoisotopic (exact) mass is 1860 g/mol. The third-order valence-corrected chi connectivity index (χ3v) is 21.7. The Morgan fingerprint density at radius 3 is 0.678 bits per heavy atom. The van der Waals surface area contributed by atoms with Crippen molar-refractivity contribution in [2.24, 2.45) is 0 Å². The smallest absolute Gasteiger partial charge is 0.357 e. The van der Waals surface area contributed by atoms with E-state index in [1.165, 1.54) is 0 Å². The van der Waals surface area contributed by atoms with Gasteiger partial charge in [-0.25, -0.2) is 12.1 Å². The molecule has 14 aromatic carbocycles. The van der Waals surface area contributed by atoms with Crippen LogP contribution in [0.1, 0.15) is 0 Å². The summed E-state index contributed by atoms with van der Waals surface area (Å²) >= 11 is 0. The molecule has 0 saturated carbocycles. The molecule has 0 spiro atoms. The third kappa shape index (κ3) is 15.3. The molecule has 0 N–H and O–H groups in total. The second kappa shape index (κ2) is 33.7. The molecule has 0 aliphatic rings. The van der Waals surface area contributed by atoms with Crippen molar-refractivity contribution in [2.75, 3.05) is 0 Å². The van der Waals surface area contributed by atoms with Crippen LogP contribution in [0, 0.1) is 36.4 Å². The Balaban J connectivity index is 0.00000480. The summed E-state index contributed by atoms with van der Waals surface area (Å²) in [6.45, 7) is 0. The van der Waals surface area contributed by atoms with Crippen molar-refractivity contribution >= 4 is 21.8 Å². The van der Waals surface area contributed by atoms with Crippen LogP contribution in [-0.4, -0.2) is 29.9 Å². The zero-order chi connectivity index (χ0) is 77.1. The topological polar surface area (TPSA) is 77.3 Å². The van der Waals surface area contributed by atoms with Gasteiger partial charge in [0.25, 0.3) is 0 Å². The summed E-state index contributed by atoms with van der Waals surface area (Å²) in [5.74, 6) is 0. The van der Waals surface area contributed by atoms with Crippen molar-refractivity contribution in [1.29, 1.82) is 0 Å². The minimum Gasteiger partial charge on any atom is -0.357 e. The van der Waals surface area contributed by atoms with Crippen molar-refractivity contribution in [2.45, 2.75) is 0 Å². The Morgan fingerprint density at radius 2 is 0.424 bits per heavy atom. The molecule has 6 heterocycles. The predicted octanol–water partition coefficient (Wildman–Crippen LogP) is 27.5.